The van der Waals surface area contributed by atoms with Gasteiger partial charge in [0.05, 0.1) is 13.2 Å². The molecule has 0 aliphatic heterocycles. The molecule has 0 aliphatic carbocycles. The average Bonchev–Trinajstić information content (AvgIpc) is 3.11. The van der Waals surface area contributed by atoms with Crippen LogP contribution in [0.15, 0.2) is 12.2 Å². The normalized spacial score (nSPS) is 12.3. The molecule has 4 heteroatoms. The number of ether oxygens (including phenoxy) is 2. The summed E-state index contributed by atoms with van der Waals surface area (Å²) < 4.78 is 11.2. The molecule has 1 atom stereocenters. The predicted molar refractivity (Wildman–Crippen MR) is 214 cm³/mol. The number of carbonyl (C=O) groups is 1. The number of esters is 1. The first-order valence-electron chi connectivity index (χ1n) is 22.3. The number of unbranched alkanes of at least 4 members (excludes halogenated alkanes) is 32. The second-order valence-electron chi connectivity index (χ2n) is 15.1. The summed E-state index contributed by atoms with van der Waals surface area (Å²) in [5.41, 5.74) is 0. The summed E-state index contributed by atoms with van der Waals surface area (Å²) in [6.45, 7) is 5.37. The molecule has 0 radical (unpaired) electrons. The van der Waals surface area contributed by atoms with Crippen molar-refractivity contribution in [3.8, 4) is 0 Å². The van der Waals surface area contributed by atoms with Crippen LogP contribution in [0.3, 0.4) is 0 Å². The molecule has 0 amide bonds. The highest BCUT2D eigenvalue weighted by atomic mass is 16.6. The first kappa shape index (κ1) is 48.1. The summed E-state index contributed by atoms with van der Waals surface area (Å²) in [6, 6.07) is 0. The highest BCUT2D eigenvalue weighted by molar-refractivity contribution is 5.69. The van der Waals surface area contributed by atoms with Crippen molar-refractivity contribution in [2.24, 2.45) is 0 Å². The Bertz CT molecular complexity index is 648. The lowest BCUT2D eigenvalue weighted by Crippen LogP contribution is -2.27. The van der Waals surface area contributed by atoms with Crippen LogP contribution >= 0.6 is 0 Å². The van der Waals surface area contributed by atoms with Gasteiger partial charge in [-0.1, -0.05) is 212 Å². The number of hydrogen-bond donors (Lipinski definition) is 1. The van der Waals surface area contributed by atoms with Gasteiger partial charge < -0.3 is 14.6 Å². The summed E-state index contributed by atoms with van der Waals surface area (Å²) in [6.07, 6.45) is 51.3. The minimum Gasteiger partial charge on any atom is -0.457 e. The lowest BCUT2D eigenvalue weighted by Gasteiger charge is -2.15. The van der Waals surface area contributed by atoms with Gasteiger partial charge in [-0.2, -0.15) is 0 Å². The Hall–Kier alpha value is -0.870. The highest BCUT2D eigenvalue weighted by Gasteiger charge is 2.13. The zero-order chi connectivity index (χ0) is 35.6. The Morgan fingerprint density at radius 2 is 0.796 bits per heavy atom. The molecule has 0 aromatic carbocycles. The van der Waals surface area contributed by atoms with Gasteiger partial charge >= 0.3 is 5.97 Å². The molecule has 1 unspecified atom stereocenters. The molecule has 292 valence electrons. The summed E-state index contributed by atoms with van der Waals surface area (Å²) in [5, 5.41) is 9.60. The van der Waals surface area contributed by atoms with Crippen LogP contribution in [0, 0.1) is 0 Å². The van der Waals surface area contributed by atoms with E-state index in [0.717, 1.165) is 19.3 Å². The minimum absolute atomic E-state index is 0.168. The fourth-order valence-corrected chi connectivity index (χ4v) is 6.74. The Labute approximate surface area is 307 Å². The lowest BCUT2D eigenvalue weighted by atomic mass is 10.0. The van der Waals surface area contributed by atoms with Crippen LogP contribution in [0.5, 0.6) is 0 Å². The third-order valence-electron chi connectivity index (χ3n) is 10.1. The second-order valence-corrected chi connectivity index (χ2v) is 15.1. The minimum atomic E-state index is -0.531. The molecule has 0 saturated carbocycles. The van der Waals surface area contributed by atoms with E-state index >= 15 is 0 Å². The Morgan fingerprint density at radius 1 is 0.469 bits per heavy atom. The fraction of sp³-hybridized carbons (Fsp3) is 0.933. The molecular weight excluding hydrogens is 604 g/mol. The van der Waals surface area contributed by atoms with E-state index in [9.17, 15) is 9.90 Å². The SMILES string of the molecule is CCCCCCCC/C=C\CCCCCCCCOCC(CO)OC(=O)CCCCCCCCCCCCCCCCCCCCCCC. The van der Waals surface area contributed by atoms with E-state index in [1.807, 2.05) is 0 Å². The Morgan fingerprint density at radius 3 is 1.16 bits per heavy atom. The molecule has 0 aliphatic rings. The van der Waals surface area contributed by atoms with Crippen LogP contribution in [-0.4, -0.2) is 37.0 Å². The van der Waals surface area contributed by atoms with Crippen LogP contribution in [-0.2, 0) is 14.3 Å². The van der Waals surface area contributed by atoms with Crippen molar-refractivity contribution in [3.05, 3.63) is 12.2 Å². The van der Waals surface area contributed by atoms with Gasteiger partial charge in [-0.3, -0.25) is 4.79 Å². The van der Waals surface area contributed by atoms with Crippen molar-refractivity contribution in [2.45, 2.75) is 251 Å². The molecule has 0 fully saturated rings. The van der Waals surface area contributed by atoms with Crippen LogP contribution in [0.2, 0.25) is 0 Å². The topological polar surface area (TPSA) is 55.8 Å². The van der Waals surface area contributed by atoms with Crippen molar-refractivity contribution in [1.82, 2.24) is 0 Å². The van der Waals surface area contributed by atoms with Crippen molar-refractivity contribution < 1.29 is 19.4 Å². The van der Waals surface area contributed by atoms with E-state index in [0.29, 0.717) is 19.6 Å². The number of aliphatic hydroxyl groups excluding tert-OH is 1. The first-order chi connectivity index (χ1) is 24.2. The second kappa shape index (κ2) is 43.3. The molecule has 0 heterocycles. The van der Waals surface area contributed by atoms with Gasteiger partial charge in [0.25, 0.3) is 0 Å². The molecule has 0 bridgehead atoms. The van der Waals surface area contributed by atoms with Crippen LogP contribution in [0.1, 0.15) is 245 Å². The van der Waals surface area contributed by atoms with Gasteiger partial charge in [0.2, 0.25) is 0 Å². The quantitative estimate of drug-likeness (QED) is 0.0393. The molecule has 4 nitrogen and oxygen atoms in total. The van der Waals surface area contributed by atoms with Crippen LogP contribution in [0.4, 0.5) is 0 Å². The van der Waals surface area contributed by atoms with Gasteiger partial charge in [-0.15, -0.1) is 0 Å². The smallest absolute Gasteiger partial charge is 0.306 e. The molecule has 0 saturated heterocycles. The first-order valence-corrected chi connectivity index (χ1v) is 22.3. The Kier molecular flexibility index (Phi) is 42.5. The predicted octanol–water partition coefficient (Wildman–Crippen LogP) is 14.5. The molecule has 0 aromatic rings. The summed E-state index contributed by atoms with van der Waals surface area (Å²) in [5.74, 6) is -0.197. The summed E-state index contributed by atoms with van der Waals surface area (Å²) in [4.78, 5) is 12.2. The van der Waals surface area contributed by atoms with E-state index in [2.05, 4.69) is 26.0 Å². The van der Waals surface area contributed by atoms with Crippen LogP contribution < -0.4 is 0 Å². The van der Waals surface area contributed by atoms with Gasteiger partial charge in [0.1, 0.15) is 6.10 Å². The van der Waals surface area contributed by atoms with E-state index < -0.39 is 6.10 Å². The monoisotopic (exact) mass is 693 g/mol. The maximum absolute atomic E-state index is 12.2. The van der Waals surface area contributed by atoms with Gasteiger partial charge in [-0.25, -0.2) is 0 Å². The highest BCUT2D eigenvalue weighted by Crippen LogP contribution is 2.16. The van der Waals surface area contributed by atoms with Gasteiger partial charge in [0, 0.05) is 13.0 Å². The van der Waals surface area contributed by atoms with E-state index in [1.54, 1.807) is 0 Å². The third-order valence-corrected chi connectivity index (χ3v) is 10.1. The Balaban J connectivity index is 3.37. The van der Waals surface area contributed by atoms with Crippen molar-refractivity contribution in [2.75, 3.05) is 19.8 Å². The summed E-state index contributed by atoms with van der Waals surface area (Å²) >= 11 is 0. The lowest BCUT2D eigenvalue weighted by molar-refractivity contribution is -0.154. The molecule has 1 N–H and O–H groups in total. The van der Waals surface area contributed by atoms with E-state index in [4.69, 9.17) is 9.47 Å². The standard InChI is InChI=1S/C45H88O4/c1-3-5-7-9-11-13-15-17-19-21-22-23-24-25-26-28-30-32-34-36-38-40-45(47)49-44(42-46)43-48-41-39-37-35-33-31-29-27-20-18-16-14-12-10-8-6-4-2/h18,20,44,46H,3-17,19,21-43H2,1-2H3/b20-18-. The maximum Gasteiger partial charge on any atom is 0.306 e. The number of hydrogen-bond acceptors (Lipinski definition) is 4. The van der Waals surface area contributed by atoms with Crippen molar-refractivity contribution >= 4 is 5.97 Å². The van der Waals surface area contributed by atoms with Crippen molar-refractivity contribution in [3.63, 3.8) is 0 Å². The van der Waals surface area contributed by atoms with Gasteiger partial charge in [0.15, 0.2) is 0 Å². The van der Waals surface area contributed by atoms with Crippen molar-refractivity contribution in [1.29, 1.82) is 0 Å². The molecule has 0 spiro atoms. The molecule has 0 rings (SSSR count). The molecule has 0 aromatic heterocycles. The zero-order valence-electron chi connectivity index (χ0n) is 33.5. The fourth-order valence-electron chi connectivity index (χ4n) is 6.74. The molecular formula is C45H88O4. The maximum atomic E-state index is 12.2. The van der Waals surface area contributed by atoms with Gasteiger partial charge in [-0.05, 0) is 38.5 Å². The van der Waals surface area contributed by atoms with E-state index in [-0.39, 0.29) is 12.6 Å². The molecule has 49 heavy (non-hydrogen) atoms. The zero-order valence-corrected chi connectivity index (χ0v) is 33.5. The average molecular weight is 693 g/mol. The number of rotatable bonds is 42. The van der Waals surface area contributed by atoms with Crippen LogP contribution in [0.25, 0.3) is 0 Å². The number of carbonyl (C=O) groups excluding carboxylic acids is 1. The third kappa shape index (κ3) is 41.4. The number of allylic oxidation sites excluding steroid dienone is 2. The van der Waals surface area contributed by atoms with E-state index in [1.165, 1.54) is 205 Å². The largest absolute Gasteiger partial charge is 0.457 e. The summed E-state index contributed by atoms with van der Waals surface area (Å²) in [7, 11) is 0. The number of aliphatic hydroxyl groups is 1.